The number of hydrogen-bond acceptors (Lipinski definition) is 8. The SMILES string of the molecule is O=C(O)C(On1c(O)ccc1O)C(On1c(O)ccc1O)C(=O)O. The van der Waals surface area contributed by atoms with Crippen molar-refractivity contribution >= 4 is 11.9 Å². The van der Waals surface area contributed by atoms with Gasteiger partial charge in [-0.25, -0.2) is 9.59 Å². The highest BCUT2D eigenvalue weighted by molar-refractivity contribution is 5.83. The number of carboxylic acid groups (broad SMARTS) is 2. The van der Waals surface area contributed by atoms with Gasteiger partial charge < -0.3 is 40.3 Å². The lowest BCUT2D eigenvalue weighted by Gasteiger charge is -2.23. The second-order valence-electron chi connectivity index (χ2n) is 4.42. The molecule has 12 heteroatoms. The Morgan fingerprint density at radius 1 is 0.708 bits per heavy atom. The van der Waals surface area contributed by atoms with Crippen LogP contribution in [0.2, 0.25) is 0 Å². The van der Waals surface area contributed by atoms with Crippen LogP contribution in [0.3, 0.4) is 0 Å². The molecule has 6 N–H and O–H groups in total. The minimum Gasteiger partial charge on any atom is -0.492 e. The molecule has 0 aliphatic rings. The quantitative estimate of drug-likeness (QED) is 0.348. The summed E-state index contributed by atoms with van der Waals surface area (Å²) in [7, 11) is 0. The summed E-state index contributed by atoms with van der Waals surface area (Å²) >= 11 is 0. The molecule has 0 aromatic carbocycles. The molecule has 2 aromatic heterocycles. The van der Waals surface area contributed by atoms with Gasteiger partial charge in [0.15, 0.2) is 0 Å². The maximum Gasteiger partial charge on any atom is 0.352 e. The molecule has 2 unspecified atom stereocenters. The average molecular weight is 344 g/mol. The van der Waals surface area contributed by atoms with Crippen LogP contribution in [0, 0.1) is 0 Å². The van der Waals surface area contributed by atoms with Crippen LogP contribution in [0.1, 0.15) is 0 Å². The first-order valence-electron chi connectivity index (χ1n) is 6.21. The van der Waals surface area contributed by atoms with Crippen molar-refractivity contribution in [1.29, 1.82) is 0 Å². The molecule has 2 aromatic rings. The smallest absolute Gasteiger partial charge is 0.352 e. The van der Waals surface area contributed by atoms with Gasteiger partial charge in [0.05, 0.1) is 0 Å². The molecule has 12 nitrogen and oxygen atoms in total. The summed E-state index contributed by atoms with van der Waals surface area (Å²) in [6.45, 7) is 0. The summed E-state index contributed by atoms with van der Waals surface area (Å²) < 4.78 is 0.543. The van der Waals surface area contributed by atoms with Crippen LogP contribution in [0.15, 0.2) is 24.3 Å². The Morgan fingerprint density at radius 3 is 1.17 bits per heavy atom. The summed E-state index contributed by atoms with van der Waals surface area (Å²) in [5.41, 5.74) is 0. The van der Waals surface area contributed by atoms with Crippen LogP contribution in [0.5, 0.6) is 23.5 Å². The van der Waals surface area contributed by atoms with E-state index in [0.29, 0.717) is 0 Å². The van der Waals surface area contributed by atoms with Crippen LogP contribution in [0.4, 0.5) is 0 Å². The monoisotopic (exact) mass is 344 g/mol. The summed E-state index contributed by atoms with van der Waals surface area (Å²) in [4.78, 5) is 32.2. The highest BCUT2D eigenvalue weighted by Gasteiger charge is 2.41. The van der Waals surface area contributed by atoms with Gasteiger partial charge in [-0.15, -0.1) is 9.46 Å². The lowest BCUT2D eigenvalue weighted by atomic mass is 10.2. The van der Waals surface area contributed by atoms with Crippen LogP contribution in [-0.2, 0) is 9.59 Å². The Balaban J connectivity index is 2.34. The molecule has 0 spiro atoms. The van der Waals surface area contributed by atoms with Crippen LogP contribution in [-0.4, -0.2) is 64.2 Å². The zero-order valence-corrected chi connectivity index (χ0v) is 11.7. The van der Waals surface area contributed by atoms with Crippen molar-refractivity contribution < 1.29 is 49.9 Å². The van der Waals surface area contributed by atoms with Crippen molar-refractivity contribution in [3.63, 3.8) is 0 Å². The maximum atomic E-state index is 11.3. The van der Waals surface area contributed by atoms with Gasteiger partial charge in [-0.2, -0.15) is 0 Å². The van der Waals surface area contributed by atoms with Crippen molar-refractivity contribution in [1.82, 2.24) is 9.46 Å². The fraction of sp³-hybridized carbons (Fsp3) is 0.167. The molecular weight excluding hydrogens is 332 g/mol. The molecule has 24 heavy (non-hydrogen) atoms. The zero-order chi connectivity index (χ0) is 18.0. The lowest BCUT2D eigenvalue weighted by molar-refractivity contribution is -0.179. The first kappa shape index (κ1) is 16.7. The van der Waals surface area contributed by atoms with Crippen molar-refractivity contribution in [3.05, 3.63) is 24.3 Å². The third-order valence-electron chi connectivity index (χ3n) is 2.79. The second kappa shape index (κ2) is 6.20. The Labute approximate surface area is 132 Å². The van der Waals surface area contributed by atoms with E-state index in [9.17, 15) is 30.0 Å². The third-order valence-corrected chi connectivity index (χ3v) is 2.79. The first-order valence-corrected chi connectivity index (χ1v) is 6.21. The normalized spacial score (nSPS) is 13.2. The third kappa shape index (κ3) is 3.06. The highest BCUT2D eigenvalue weighted by Crippen LogP contribution is 2.22. The van der Waals surface area contributed by atoms with Gasteiger partial charge in [-0.1, -0.05) is 0 Å². The predicted molar refractivity (Wildman–Crippen MR) is 71.5 cm³/mol. The Bertz CT molecular complexity index is 661. The van der Waals surface area contributed by atoms with Crippen molar-refractivity contribution in [3.8, 4) is 23.5 Å². The van der Waals surface area contributed by atoms with E-state index in [4.69, 9.17) is 19.9 Å². The second-order valence-corrected chi connectivity index (χ2v) is 4.42. The largest absolute Gasteiger partial charge is 0.492 e. The molecule has 130 valence electrons. The number of aromatic hydroxyl groups is 4. The Kier molecular flexibility index (Phi) is 4.30. The molecule has 0 saturated carbocycles. The minimum atomic E-state index is -2.27. The van der Waals surface area contributed by atoms with Crippen molar-refractivity contribution in [2.45, 2.75) is 12.2 Å². The van der Waals surface area contributed by atoms with Gasteiger partial charge in [-0.05, 0) is 0 Å². The molecule has 0 aliphatic heterocycles. The predicted octanol–water partition coefficient (Wildman–Crippen LogP) is -1.42. The Morgan fingerprint density at radius 2 is 0.958 bits per heavy atom. The summed E-state index contributed by atoms with van der Waals surface area (Å²) in [6.07, 6.45) is -4.54. The molecule has 2 heterocycles. The number of aliphatic carboxylic acids is 2. The van der Waals surface area contributed by atoms with Gasteiger partial charge in [0, 0.05) is 24.3 Å². The lowest BCUT2D eigenvalue weighted by Crippen LogP contribution is -2.51. The summed E-state index contributed by atoms with van der Waals surface area (Å²) in [5.74, 6) is -6.43. The number of carboxylic acids is 2. The molecule has 0 radical (unpaired) electrons. The van der Waals surface area contributed by atoms with E-state index >= 15 is 0 Å². The Hall–Kier alpha value is -3.70. The number of carbonyl (C=O) groups is 2. The highest BCUT2D eigenvalue weighted by atomic mass is 16.7. The fourth-order valence-corrected chi connectivity index (χ4v) is 1.71. The minimum absolute atomic E-state index is 0.271. The molecule has 0 aliphatic carbocycles. The van der Waals surface area contributed by atoms with E-state index in [-0.39, 0.29) is 9.46 Å². The summed E-state index contributed by atoms with van der Waals surface area (Å²) in [5, 5.41) is 56.1. The maximum absolute atomic E-state index is 11.3. The number of rotatable bonds is 7. The topological polar surface area (TPSA) is 184 Å². The number of aromatic nitrogens is 2. The average Bonchev–Trinajstić information content (AvgIpc) is 2.98. The van der Waals surface area contributed by atoms with E-state index in [0.717, 1.165) is 24.3 Å². The van der Waals surface area contributed by atoms with Crippen molar-refractivity contribution in [2.75, 3.05) is 0 Å². The van der Waals surface area contributed by atoms with E-state index in [1.807, 2.05) is 0 Å². The van der Waals surface area contributed by atoms with Crippen molar-refractivity contribution in [2.24, 2.45) is 0 Å². The van der Waals surface area contributed by atoms with Gasteiger partial charge in [0.25, 0.3) is 12.2 Å². The number of nitrogens with zero attached hydrogens (tertiary/aromatic N) is 2. The van der Waals surface area contributed by atoms with Gasteiger partial charge in [-0.3, -0.25) is 0 Å². The van der Waals surface area contributed by atoms with E-state index in [2.05, 4.69) is 0 Å². The molecule has 2 rings (SSSR count). The van der Waals surface area contributed by atoms with Gasteiger partial charge in [0.2, 0.25) is 23.5 Å². The molecule has 0 fully saturated rings. The summed E-state index contributed by atoms with van der Waals surface area (Å²) in [6, 6.07) is 3.87. The standard InChI is InChI=1S/C12H12N2O10/c15-5-1-2-6(16)13(5)23-9(11(19)20)10(12(21)22)24-14-7(17)3-4-8(14)18/h1-4,9-10,15-18H,(H,19,20)(H,21,22). The molecular formula is C12H12N2O10. The van der Waals surface area contributed by atoms with E-state index < -0.39 is 47.7 Å². The number of hydrogen-bond donors (Lipinski definition) is 6. The van der Waals surface area contributed by atoms with Gasteiger partial charge in [0.1, 0.15) is 0 Å². The van der Waals surface area contributed by atoms with Crippen LogP contribution in [0.25, 0.3) is 0 Å². The fourth-order valence-electron chi connectivity index (χ4n) is 1.71. The van der Waals surface area contributed by atoms with Crippen LogP contribution >= 0.6 is 0 Å². The molecule has 0 amide bonds. The van der Waals surface area contributed by atoms with E-state index in [1.54, 1.807) is 0 Å². The van der Waals surface area contributed by atoms with E-state index in [1.165, 1.54) is 0 Å². The van der Waals surface area contributed by atoms with Crippen LogP contribution < -0.4 is 9.68 Å². The molecule has 2 atom stereocenters. The molecule has 0 bridgehead atoms. The zero-order valence-electron chi connectivity index (χ0n) is 11.7. The molecule has 0 saturated heterocycles. The van der Waals surface area contributed by atoms with Gasteiger partial charge >= 0.3 is 11.9 Å². The first-order chi connectivity index (χ1) is 11.2.